The second-order valence-electron chi connectivity index (χ2n) is 10.5. The van der Waals surface area contributed by atoms with Gasteiger partial charge in [-0.1, -0.05) is 68.8 Å². The zero-order valence-electron chi connectivity index (χ0n) is 26.5. The topological polar surface area (TPSA) is 76.1 Å². The van der Waals surface area contributed by atoms with Crippen LogP contribution < -0.4 is 18.9 Å². The molecule has 0 atom stereocenters. The minimum atomic E-state index is -0.445. The molecule has 1 heterocycles. The summed E-state index contributed by atoms with van der Waals surface area (Å²) in [6.45, 7) is 5.63. The molecular formula is C38H39NO6S. The number of thiazole rings is 1. The Morgan fingerprint density at radius 1 is 0.783 bits per heavy atom. The van der Waals surface area contributed by atoms with Crippen LogP contribution >= 0.6 is 11.3 Å². The quantitative estimate of drug-likeness (QED) is 0.0788. The number of ether oxygens (including phenoxy) is 5. The first-order chi connectivity index (χ1) is 22.6. The molecule has 8 heteroatoms. The summed E-state index contributed by atoms with van der Waals surface area (Å²) >= 11 is 1.59. The Labute approximate surface area is 274 Å². The molecule has 0 unspecified atom stereocenters. The summed E-state index contributed by atoms with van der Waals surface area (Å²) in [7, 11) is 1.36. The highest BCUT2D eigenvalue weighted by Crippen LogP contribution is 2.38. The maximum atomic E-state index is 12.3. The number of esters is 1. The molecule has 0 saturated carbocycles. The number of para-hydroxylation sites is 1. The molecule has 238 valence electrons. The molecule has 4 aromatic carbocycles. The molecule has 7 nitrogen and oxygen atoms in total. The lowest BCUT2D eigenvalue weighted by molar-refractivity contribution is 0.0598. The van der Waals surface area contributed by atoms with Gasteiger partial charge in [0, 0.05) is 29.6 Å². The molecule has 0 aliphatic rings. The standard InChI is InChI=1S/C38H39NO6S/c1-4-13-29-32(18-11-19-33(29)45-34-17-10-9-16-30(34)38(40)41-3)42-21-12-22-43-35-25-36(44-26-27-14-7-6-8-15-27)31(24-28(35)5-2)37-39-20-23-46-37/h6-11,14-20,23-25H,4-5,12-13,21-22,26H2,1-3H3. The van der Waals surface area contributed by atoms with E-state index in [1.807, 2.05) is 60.1 Å². The van der Waals surface area contributed by atoms with Gasteiger partial charge in [-0.25, -0.2) is 9.78 Å². The summed E-state index contributed by atoms with van der Waals surface area (Å²) in [5, 5.41) is 2.89. The van der Waals surface area contributed by atoms with E-state index in [1.165, 1.54) is 7.11 Å². The number of aromatic nitrogens is 1. The highest BCUT2D eigenvalue weighted by Gasteiger charge is 2.18. The van der Waals surface area contributed by atoms with Crippen LogP contribution in [0.5, 0.6) is 28.7 Å². The maximum absolute atomic E-state index is 12.3. The van der Waals surface area contributed by atoms with Crippen molar-refractivity contribution in [2.24, 2.45) is 0 Å². The summed E-state index contributed by atoms with van der Waals surface area (Å²) in [6.07, 6.45) is 4.98. The molecule has 0 N–H and O–H groups in total. The Bertz CT molecular complexity index is 1700. The lowest BCUT2D eigenvalue weighted by Gasteiger charge is -2.18. The van der Waals surface area contributed by atoms with Crippen molar-refractivity contribution >= 4 is 17.3 Å². The molecular weight excluding hydrogens is 598 g/mol. The fourth-order valence-electron chi connectivity index (χ4n) is 5.04. The molecule has 5 aromatic rings. The van der Waals surface area contributed by atoms with Gasteiger partial charge in [-0.15, -0.1) is 11.3 Å². The van der Waals surface area contributed by atoms with Crippen molar-refractivity contribution in [1.29, 1.82) is 0 Å². The number of hydrogen-bond donors (Lipinski definition) is 0. The first-order valence-electron chi connectivity index (χ1n) is 15.6. The number of hydrogen-bond acceptors (Lipinski definition) is 8. The smallest absolute Gasteiger partial charge is 0.341 e. The molecule has 0 aliphatic heterocycles. The van der Waals surface area contributed by atoms with Crippen LogP contribution in [0.25, 0.3) is 10.6 Å². The normalized spacial score (nSPS) is 10.8. The Balaban J connectivity index is 1.25. The second-order valence-corrected chi connectivity index (χ2v) is 11.4. The number of carbonyl (C=O) groups is 1. The fourth-order valence-corrected chi connectivity index (χ4v) is 5.70. The van der Waals surface area contributed by atoms with Gasteiger partial charge >= 0.3 is 5.97 Å². The highest BCUT2D eigenvalue weighted by atomic mass is 32.1. The van der Waals surface area contributed by atoms with E-state index < -0.39 is 5.97 Å². The van der Waals surface area contributed by atoms with Gasteiger partial charge in [-0.3, -0.25) is 0 Å². The number of aryl methyl sites for hydroxylation is 1. The predicted molar refractivity (Wildman–Crippen MR) is 182 cm³/mol. The van der Waals surface area contributed by atoms with Crippen LogP contribution in [0.1, 0.15) is 53.7 Å². The number of rotatable bonds is 16. The molecule has 0 spiro atoms. The van der Waals surface area contributed by atoms with Gasteiger partial charge in [-0.05, 0) is 54.3 Å². The van der Waals surface area contributed by atoms with Crippen molar-refractivity contribution < 1.29 is 28.5 Å². The predicted octanol–water partition coefficient (Wildman–Crippen LogP) is 9.33. The zero-order valence-corrected chi connectivity index (χ0v) is 27.3. The van der Waals surface area contributed by atoms with Gasteiger partial charge in [0.05, 0.1) is 25.9 Å². The van der Waals surface area contributed by atoms with Crippen LogP contribution in [0.3, 0.4) is 0 Å². The van der Waals surface area contributed by atoms with Crippen molar-refractivity contribution in [3.8, 4) is 39.3 Å². The van der Waals surface area contributed by atoms with Crippen LogP contribution in [0, 0.1) is 0 Å². The van der Waals surface area contributed by atoms with Gasteiger partial charge in [0.2, 0.25) is 0 Å². The van der Waals surface area contributed by atoms with E-state index in [9.17, 15) is 4.79 Å². The number of nitrogens with zero attached hydrogens (tertiary/aromatic N) is 1. The lowest BCUT2D eigenvalue weighted by atomic mass is 10.1. The van der Waals surface area contributed by atoms with Gasteiger partial charge in [-0.2, -0.15) is 0 Å². The highest BCUT2D eigenvalue weighted by molar-refractivity contribution is 7.13. The molecule has 1 aromatic heterocycles. The summed E-state index contributed by atoms with van der Waals surface area (Å²) in [5.41, 5.74) is 4.49. The zero-order chi connectivity index (χ0) is 32.1. The largest absolute Gasteiger partial charge is 0.493 e. The second kappa shape index (κ2) is 16.5. The van der Waals surface area contributed by atoms with E-state index in [0.29, 0.717) is 43.3 Å². The minimum absolute atomic E-state index is 0.371. The lowest BCUT2D eigenvalue weighted by Crippen LogP contribution is -2.08. The van der Waals surface area contributed by atoms with Gasteiger partial charge in [0.1, 0.15) is 45.9 Å². The van der Waals surface area contributed by atoms with Gasteiger partial charge in [0.25, 0.3) is 0 Å². The van der Waals surface area contributed by atoms with E-state index in [1.54, 1.807) is 29.5 Å². The van der Waals surface area contributed by atoms with Crippen LogP contribution in [0.2, 0.25) is 0 Å². The van der Waals surface area contributed by atoms with E-state index in [0.717, 1.165) is 63.8 Å². The first-order valence-corrected chi connectivity index (χ1v) is 16.4. The SMILES string of the molecule is CCCc1c(OCCCOc2cc(OCc3ccccc3)c(-c3nccs3)cc2CC)cccc1Oc1ccccc1C(=O)OC. The average molecular weight is 638 g/mol. The number of benzene rings is 4. The molecule has 0 bridgehead atoms. The van der Waals surface area contributed by atoms with Gasteiger partial charge < -0.3 is 23.7 Å². The summed E-state index contributed by atoms with van der Waals surface area (Å²) in [5.74, 6) is 2.96. The van der Waals surface area contributed by atoms with Crippen molar-refractivity contribution in [1.82, 2.24) is 4.98 Å². The Hall–Kier alpha value is -4.82. The molecule has 0 radical (unpaired) electrons. The molecule has 0 fully saturated rings. The molecule has 0 saturated heterocycles. The van der Waals surface area contributed by atoms with Crippen LogP contribution in [0.4, 0.5) is 0 Å². The maximum Gasteiger partial charge on any atom is 0.341 e. The van der Waals surface area contributed by atoms with E-state index in [2.05, 4.69) is 37.0 Å². The van der Waals surface area contributed by atoms with Crippen LogP contribution in [0.15, 0.2) is 96.5 Å². The Kier molecular flexibility index (Phi) is 11.7. The molecule has 5 rings (SSSR count). The van der Waals surface area contributed by atoms with E-state index in [4.69, 9.17) is 23.7 Å². The molecule has 0 amide bonds. The number of methoxy groups -OCH3 is 1. The van der Waals surface area contributed by atoms with Crippen LogP contribution in [-0.4, -0.2) is 31.3 Å². The fraction of sp³-hybridized carbons (Fsp3) is 0.263. The van der Waals surface area contributed by atoms with Crippen molar-refractivity contribution in [3.05, 3.63) is 119 Å². The Morgan fingerprint density at radius 3 is 2.26 bits per heavy atom. The molecule has 0 aliphatic carbocycles. The molecule has 46 heavy (non-hydrogen) atoms. The first kappa shape index (κ1) is 32.6. The third-order valence-corrected chi connectivity index (χ3v) is 8.16. The van der Waals surface area contributed by atoms with Crippen molar-refractivity contribution in [2.75, 3.05) is 20.3 Å². The Morgan fingerprint density at radius 2 is 1.52 bits per heavy atom. The monoisotopic (exact) mass is 637 g/mol. The van der Waals surface area contributed by atoms with Gasteiger partial charge in [0.15, 0.2) is 0 Å². The average Bonchev–Trinajstić information content (AvgIpc) is 3.64. The third-order valence-electron chi connectivity index (χ3n) is 7.35. The number of carbonyl (C=O) groups excluding carboxylic acids is 1. The third kappa shape index (κ3) is 8.25. The minimum Gasteiger partial charge on any atom is -0.493 e. The van der Waals surface area contributed by atoms with E-state index in [-0.39, 0.29) is 0 Å². The summed E-state index contributed by atoms with van der Waals surface area (Å²) in [4.78, 5) is 16.8. The van der Waals surface area contributed by atoms with Crippen LogP contribution in [-0.2, 0) is 24.2 Å². The summed E-state index contributed by atoms with van der Waals surface area (Å²) < 4.78 is 30.1. The summed E-state index contributed by atoms with van der Waals surface area (Å²) in [6, 6.07) is 27.1. The van der Waals surface area contributed by atoms with Crippen molar-refractivity contribution in [3.63, 3.8) is 0 Å². The van der Waals surface area contributed by atoms with E-state index >= 15 is 0 Å². The van der Waals surface area contributed by atoms with Crippen molar-refractivity contribution in [2.45, 2.75) is 46.1 Å².